The van der Waals surface area contributed by atoms with Crippen molar-refractivity contribution in [2.75, 3.05) is 18.4 Å². The summed E-state index contributed by atoms with van der Waals surface area (Å²) in [6.45, 7) is 3.38. The fourth-order valence-electron chi connectivity index (χ4n) is 2.23. The highest BCUT2D eigenvalue weighted by molar-refractivity contribution is 6.34. The van der Waals surface area contributed by atoms with E-state index in [1.807, 2.05) is 6.92 Å². The first-order valence-electron chi connectivity index (χ1n) is 6.04. The Labute approximate surface area is 116 Å². The van der Waals surface area contributed by atoms with Gasteiger partial charge in [-0.05, 0) is 24.6 Å². The van der Waals surface area contributed by atoms with Crippen molar-refractivity contribution in [2.45, 2.75) is 6.92 Å². The Morgan fingerprint density at radius 3 is 2.74 bits per heavy atom. The lowest BCUT2D eigenvalue weighted by atomic mass is 9.97. The van der Waals surface area contributed by atoms with Crippen molar-refractivity contribution >= 4 is 29.2 Å². The molecule has 2 atom stereocenters. The summed E-state index contributed by atoms with van der Waals surface area (Å²) in [5, 5.41) is 15.0. The fourth-order valence-corrected chi connectivity index (χ4v) is 2.49. The van der Waals surface area contributed by atoms with Gasteiger partial charge < -0.3 is 15.7 Å². The van der Waals surface area contributed by atoms with Gasteiger partial charge in [-0.15, -0.1) is 0 Å². The van der Waals surface area contributed by atoms with Crippen LogP contribution >= 0.6 is 11.6 Å². The molecule has 1 aliphatic rings. The number of benzene rings is 1. The van der Waals surface area contributed by atoms with Crippen LogP contribution in [0.4, 0.5) is 5.69 Å². The average molecular weight is 283 g/mol. The molecule has 1 fully saturated rings. The van der Waals surface area contributed by atoms with Crippen molar-refractivity contribution < 1.29 is 14.7 Å². The molecule has 1 saturated heterocycles. The molecule has 0 radical (unpaired) electrons. The summed E-state index contributed by atoms with van der Waals surface area (Å²) < 4.78 is 0. The van der Waals surface area contributed by atoms with Gasteiger partial charge in [0.1, 0.15) is 5.56 Å². The lowest BCUT2D eigenvalue weighted by molar-refractivity contribution is -0.120. The third-order valence-corrected chi connectivity index (χ3v) is 3.65. The summed E-state index contributed by atoms with van der Waals surface area (Å²) in [6, 6.07) is 4.64. The highest BCUT2D eigenvalue weighted by atomic mass is 35.5. The first-order chi connectivity index (χ1) is 9.00. The molecule has 0 bridgehead atoms. The minimum atomic E-state index is -1.15. The van der Waals surface area contributed by atoms with Gasteiger partial charge in [-0.2, -0.15) is 0 Å². The first-order valence-corrected chi connectivity index (χ1v) is 6.42. The summed E-state index contributed by atoms with van der Waals surface area (Å²) in [7, 11) is 0. The molecular weight excluding hydrogens is 268 g/mol. The number of carboxylic acids is 1. The van der Waals surface area contributed by atoms with Crippen molar-refractivity contribution in [1.29, 1.82) is 0 Å². The van der Waals surface area contributed by atoms with Crippen LogP contribution in [-0.4, -0.2) is 30.1 Å². The van der Waals surface area contributed by atoms with Crippen LogP contribution in [0.15, 0.2) is 18.2 Å². The maximum absolute atomic E-state index is 12.1. The zero-order valence-electron chi connectivity index (χ0n) is 10.4. The quantitative estimate of drug-likeness (QED) is 0.790. The Bertz CT molecular complexity index is 519. The van der Waals surface area contributed by atoms with E-state index in [2.05, 4.69) is 10.6 Å². The molecule has 102 valence electrons. The number of hydrogen-bond acceptors (Lipinski definition) is 3. The number of aromatic carboxylic acids is 1. The van der Waals surface area contributed by atoms with E-state index in [1.165, 1.54) is 6.07 Å². The van der Waals surface area contributed by atoms with E-state index in [0.29, 0.717) is 6.54 Å². The summed E-state index contributed by atoms with van der Waals surface area (Å²) >= 11 is 5.85. The molecule has 1 aromatic carbocycles. The molecule has 1 aliphatic heterocycles. The lowest BCUT2D eigenvalue weighted by Gasteiger charge is -2.15. The number of hydrogen-bond donors (Lipinski definition) is 3. The molecule has 1 amide bonds. The van der Waals surface area contributed by atoms with Crippen LogP contribution in [0.2, 0.25) is 5.02 Å². The van der Waals surface area contributed by atoms with Crippen LogP contribution in [0.5, 0.6) is 0 Å². The van der Waals surface area contributed by atoms with Gasteiger partial charge in [-0.1, -0.05) is 24.6 Å². The second kappa shape index (κ2) is 5.59. The van der Waals surface area contributed by atoms with Gasteiger partial charge in [0.2, 0.25) is 5.91 Å². The number of halogens is 1. The van der Waals surface area contributed by atoms with E-state index in [-0.39, 0.29) is 34.0 Å². The predicted octanol–water partition coefficient (Wildman–Crippen LogP) is 1.83. The topological polar surface area (TPSA) is 78.4 Å². The highest BCUT2D eigenvalue weighted by Gasteiger charge is 2.30. The zero-order chi connectivity index (χ0) is 14.0. The van der Waals surface area contributed by atoms with Crippen molar-refractivity contribution in [3.8, 4) is 0 Å². The van der Waals surface area contributed by atoms with E-state index in [9.17, 15) is 9.59 Å². The molecule has 2 rings (SSSR count). The summed E-state index contributed by atoms with van der Waals surface area (Å²) in [5.74, 6) is -1.26. The van der Waals surface area contributed by atoms with Gasteiger partial charge in [-0.3, -0.25) is 4.79 Å². The molecule has 19 heavy (non-hydrogen) atoms. The Balaban J connectivity index is 2.21. The molecule has 3 N–H and O–H groups in total. The molecule has 2 unspecified atom stereocenters. The Kier molecular flexibility index (Phi) is 4.07. The largest absolute Gasteiger partial charge is 0.478 e. The minimum absolute atomic E-state index is 0.0730. The average Bonchev–Trinajstić information content (AvgIpc) is 2.75. The standard InChI is InChI=1S/C13H15ClN2O3/c1-7-5-15-6-8(7)12(17)16-10-4-2-3-9(14)11(10)13(18)19/h2-4,7-8,15H,5-6H2,1H3,(H,16,17)(H,18,19). The molecule has 0 aliphatic carbocycles. The van der Waals surface area contributed by atoms with Crippen LogP contribution < -0.4 is 10.6 Å². The zero-order valence-corrected chi connectivity index (χ0v) is 11.2. The van der Waals surface area contributed by atoms with E-state index in [4.69, 9.17) is 16.7 Å². The second-order valence-electron chi connectivity index (χ2n) is 4.70. The van der Waals surface area contributed by atoms with Gasteiger partial charge in [-0.25, -0.2) is 4.79 Å². The van der Waals surface area contributed by atoms with Crippen LogP contribution in [0.3, 0.4) is 0 Å². The van der Waals surface area contributed by atoms with Crippen LogP contribution in [-0.2, 0) is 4.79 Å². The predicted molar refractivity (Wildman–Crippen MR) is 72.6 cm³/mol. The minimum Gasteiger partial charge on any atom is -0.478 e. The molecule has 5 nitrogen and oxygen atoms in total. The van der Waals surface area contributed by atoms with Crippen molar-refractivity contribution in [3.05, 3.63) is 28.8 Å². The molecule has 1 heterocycles. The molecule has 0 aromatic heterocycles. The van der Waals surface area contributed by atoms with Crippen molar-refractivity contribution in [1.82, 2.24) is 5.32 Å². The second-order valence-corrected chi connectivity index (χ2v) is 5.11. The van der Waals surface area contributed by atoms with Crippen LogP contribution in [0.1, 0.15) is 17.3 Å². The molecule has 0 saturated carbocycles. The number of anilines is 1. The van der Waals surface area contributed by atoms with Gasteiger partial charge in [0.15, 0.2) is 0 Å². The van der Waals surface area contributed by atoms with E-state index in [0.717, 1.165) is 6.54 Å². The third-order valence-electron chi connectivity index (χ3n) is 3.34. The SMILES string of the molecule is CC1CNCC1C(=O)Nc1cccc(Cl)c1C(=O)O. The first kappa shape index (κ1) is 13.8. The Hall–Kier alpha value is -1.59. The molecule has 0 spiro atoms. The van der Waals surface area contributed by atoms with Crippen molar-refractivity contribution in [2.24, 2.45) is 11.8 Å². The molecule has 1 aromatic rings. The Morgan fingerprint density at radius 1 is 1.42 bits per heavy atom. The highest BCUT2D eigenvalue weighted by Crippen LogP contribution is 2.26. The number of rotatable bonds is 3. The van der Waals surface area contributed by atoms with Gasteiger partial charge in [0.25, 0.3) is 0 Å². The van der Waals surface area contributed by atoms with Crippen LogP contribution in [0.25, 0.3) is 0 Å². The van der Waals surface area contributed by atoms with E-state index < -0.39 is 5.97 Å². The van der Waals surface area contributed by atoms with E-state index in [1.54, 1.807) is 12.1 Å². The number of amides is 1. The normalized spacial score (nSPS) is 22.2. The molecule has 6 heteroatoms. The summed E-state index contributed by atoms with van der Waals surface area (Å²) in [6.07, 6.45) is 0. The maximum atomic E-state index is 12.1. The monoisotopic (exact) mass is 282 g/mol. The number of carbonyl (C=O) groups is 2. The fraction of sp³-hybridized carbons (Fsp3) is 0.385. The summed E-state index contributed by atoms with van der Waals surface area (Å²) in [4.78, 5) is 23.3. The molecular formula is C13H15ClN2O3. The van der Waals surface area contributed by atoms with Crippen LogP contribution in [0, 0.1) is 11.8 Å². The van der Waals surface area contributed by atoms with Gasteiger partial charge >= 0.3 is 5.97 Å². The smallest absolute Gasteiger partial charge is 0.339 e. The number of nitrogens with one attached hydrogen (secondary N) is 2. The third kappa shape index (κ3) is 2.88. The van der Waals surface area contributed by atoms with Crippen molar-refractivity contribution in [3.63, 3.8) is 0 Å². The maximum Gasteiger partial charge on any atom is 0.339 e. The number of carbonyl (C=O) groups excluding carboxylic acids is 1. The van der Waals surface area contributed by atoms with Gasteiger partial charge in [0, 0.05) is 6.54 Å². The Morgan fingerprint density at radius 2 is 2.16 bits per heavy atom. The van der Waals surface area contributed by atoms with Gasteiger partial charge in [0.05, 0.1) is 16.6 Å². The number of carboxylic acid groups (broad SMARTS) is 1. The lowest BCUT2D eigenvalue weighted by Crippen LogP contribution is -2.28. The van der Waals surface area contributed by atoms with E-state index >= 15 is 0 Å². The summed E-state index contributed by atoms with van der Waals surface area (Å²) in [5.41, 5.74) is 0.167.